The van der Waals surface area contributed by atoms with Gasteiger partial charge in [-0.15, -0.1) is 0 Å². The van der Waals surface area contributed by atoms with E-state index in [1.807, 2.05) is 4.57 Å². The third-order valence-corrected chi connectivity index (χ3v) is 4.97. The van der Waals surface area contributed by atoms with E-state index in [4.69, 9.17) is 15.2 Å². The zero-order valence-electron chi connectivity index (χ0n) is 12.8. The number of nitrogens with zero attached hydrogens (tertiary/aromatic N) is 2. The van der Waals surface area contributed by atoms with Crippen LogP contribution in [0.5, 0.6) is 6.01 Å². The molecular formula is C15H23N3O3. The van der Waals surface area contributed by atoms with Gasteiger partial charge in [0.2, 0.25) is 0 Å². The summed E-state index contributed by atoms with van der Waals surface area (Å²) in [5.41, 5.74) is 5.82. The van der Waals surface area contributed by atoms with E-state index in [9.17, 15) is 4.79 Å². The second-order valence-corrected chi connectivity index (χ2v) is 6.11. The Labute approximate surface area is 124 Å². The van der Waals surface area contributed by atoms with Crippen molar-refractivity contribution < 1.29 is 9.47 Å². The molecule has 0 aromatic carbocycles. The largest absolute Gasteiger partial charge is 0.456 e. The van der Waals surface area contributed by atoms with Crippen LogP contribution < -0.4 is 16.0 Å². The quantitative estimate of drug-likeness (QED) is 0.907. The van der Waals surface area contributed by atoms with Crippen molar-refractivity contribution in [2.24, 2.45) is 11.7 Å². The zero-order valence-corrected chi connectivity index (χ0v) is 12.8. The molecule has 1 saturated heterocycles. The first-order chi connectivity index (χ1) is 10.0. The SMILES string of the molecule is CC[C@@]1(CCCN)O[C@@H]2[C@@H](Oc3nc(=O)c(C)cn32)[C@@H]1C. The molecule has 0 amide bonds. The summed E-state index contributed by atoms with van der Waals surface area (Å²) in [6, 6.07) is 0.371. The normalized spacial score (nSPS) is 33.6. The van der Waals surface area contributed by atoms with E-state index in [0.29, 0.717) is 18.1 Å². The highest BCUT2D eigenvalue weighted by atomic mass is 16.6. The smallest absolute Gasteiger partial charge is 0.302 e. The van der Waals surface area contributed by atoms with Crippen LogP contribution in [-0.4, -0.2) is 27.8 Å². The van der Waals surface area contributed by atoms with E-state index in [2.05, 4.69) is 18.8 Å². The molecule has 0 saturated carbocycles. The molecule has 0 unspecified atom stereocenters. The molecule has 2 N–H and O–H groups in total. The molecule has 0 aliphatic carbocycles. The second-order valence-electron chi connectivity index (χ2n) is 6.11. The van der Waals surface area contributed by atoms with Crippen LogP contribution in [0.15, 0.2) is 11.0 Å². The molecule has 4 atom stereocenters. The molecular weight excluding hydrogens is 270 g/mol. The van der Waals surface area contributed by atoms with Gasteiger partial charge >= 0.3 is 6.01 Å². The molecule has 0 spiro atoms. The molecule has 1 fully saturated rings. The molecule has 0 bridgehead atoms. The third-order valence-electron chi connectivity index (χ3n) is 4.97. The van der Waals surface area contributed by atoms with E-state index >= 15 is 0 Å². The monoisotopic (exact) mass is 293 g/mol. The Morgan fingerprint density at radius 2 is 2.29 bits per heavy atom. The van der Waals surface area contributed by atoms with E-state index in [1.165, 1.54) is 0 Å². The lowest BCUT2D eigenvalue weighted by molar-refractivity contribution is -0.0897. The van der Waals surface area contributed by atoms with Crippen molar-refractivity contribution in [2.45, 2.75) is 58.0 Å². The summed E-state index contributed by atoms with van der Waals surface area (Å²) in [5.74, 6) is 0.233. The highest BCUT2D eigenvalue weighted by Crippen LogP contribution is 2.50. The maximum absolute atomic E-state index is 11.6. The van der Waals surface area contributed by atoms with Crippen LogP contribution in [0.4, 0.5) is 0 Å². The lowest BCUT2D eigenvalue weighted by Gasteiger charge is -2.33. The predicted molar refractivity (Wildman–Crippen MR) is 78.2 cm³/mol. The highest BCUT2D eigenvalue weighted by molar-refractivity contribution is 5.16. The number of aryl methyl sites for hydroxylation is 1. The van der Waals surface area contributed by atoms with Gasteiger partial charge in [-0.25, -0.2) is 0 Å². The molecule has 3 heterocycles. The minimum Gasteiger partial charge on any atom is -0.456 e. The van der Waals surface area contributed by atoms with Crippen LogP contribution in [0.2, 0.25) is 0 Å². The average Bonchev–Trinajstić information content (AvgIpc) is 2.93. The van der Waals surface area contributed by atoms with Gasteiger partial charge in [-0.3, -0.25) is 9.36 Å². The Hall–Kier alpha value is -1.40. The molecule has 116 valence electrons. The van der Waals surface area contributed by atoms with E-state index < -0.39 is 0 Å². The number of hydrogen-bond donors (Lipinski definition) is 1. The predicted octanol–water partition coefficient (Wildman–Crippen LogP) is 1.37. The number of nitrogens with two attached hydrogens (primary N) is 1. The summed E-state index contributed by atoms with van der Waals surface area (Å²) in [6.07, 6.45) is 4.30. The Bertz CT molecular complexity index is 600. The summed E-state index contributed by atoms with van der Waals surface area (Å²) in [6.45, 7) is 6.72. The Kier molecular flexibility index (Phi) is 3.53. The average molecular weight is 293 g/mol. The van der Waals surface area contributed by atoms with Gasteiger partial charge in [-0.05, 0) is 32.7 Å². The van der Waals surface area contributed by atoms with Crippen molar-refractivity contribution in [2.75, 3.05) is 6.54 Å². The van der Waals surface area contributed by atoms with E-state index in [0.717, 1.165) is 19.3 Å². The molecule has 6 nitrogen and oxygen atoms in total. The lowest BCUT2D eigenvalue weighted by Crippen LogP contribution is -2.38. The van der Waals surface area contributed by atoms with Crippen LogP contribution in [0.1, 0.15) is 44.9 Å². The van der Waals surface area contributed by atoms with Gasteiger partial charge in [-0.1, -0.05) is 13.8 Å². The van der Waals surface area contributed by atoms with Gasteiger partial charge in [-0.2, -0.15) is 4.98 Å². The van der Waals surface area contributed by atoms with Crippen LogP contribution in [0, 0.1) is 12.8 Å². The number of rotatable bonds is 4. The van der Waals surface area contributed by atoms with Crippen LogP contribution in [0.25, 0.3) is 0 Å². The summed E-state index contributed by atoms with van der Waals surface area (Å²) >= 11 is 0. The molecule has 1 aromatic heterocycles. The van der Waals surface area contributed by atoms with Gasteiger partial charge in [0.05, 0.1) is 5.60 Å². The van der Waals surface area contributed by atoms with Crippen LogP contribution in [-0.2, 0) is 4.74 Å². The van der Waals surface area contributed by atoms with Crippen LogP contribution >= 0.6 is 0 Å². The lowest BCUT2D eigenvalue weighted by atomic mass is 9.81. The molecule has 2 aliphatic heterocycles. The molecule has 1 aromatic rings. The van der Waals surface area contributed by atoms with E-state index in [-0.39, 0.29) is 29.4 Å². The van der Waals surface area contributed by atoms with Crippen LogP contribution in [0.3, 0.4) is 0 Å². The minimum absolute atomic E-state index is 0.0866. The van der Waals surface area contributed by atoms with Crippen molar-refractivity contribution in [3.05, 3.63) is 22.1 Å². The van der Waals surface area contributed by atoms with Gasteiger partial charge in [0.1, 0.15) is 0 Å². The fourth-order valence-electron chi connectivity index (χ4n) is 3.55. The first kappa shape index (κ1) is 14.5. The fourth-order valence-corrected chi connectivity index (χ4v) is 3.55. The van der Waals surface area contributed by atoms with E-state index in [1.54, 1.807) is 13.1 Å². The second kappa shape index (κ2) is 5.10. The van der Waals surface area contributed by atoms with Gasteiger partial charge in [0, 0.05) is 17.7 Å². The Morgan fingerprint density at radius 3 is 2.95 bits per heavy atom. The highest BCUT2D eigenvalue weighted by Gasteiger charge is 2.56. The molecule has 6 heteroatoms. The molecule has 0 radical (unpaired) electrons. The number of hydrogen-bond acceptors (Lipinski definition) is 5. The maximum atomic E-state index is 11.6. The van der Waals surface area contributed by atoms with Gasteiger partial charge < -0.3 is 15.2 Å². The summed E-state index contributed by atoms with van der Waals surface area (Å²) in [7, 11) is 0. The van der Waals surface area contributed by atoms with Crippen molar-refractivity contribution >= 4 is 0 Å². The van der Waals surface area contributed by atoms with Crippen molar-refractivity contribution in [3.63, 3.8) is 0 Å². The first-order valence-electron chi connectivity index (χ1n) is 7.66. The summed E-state index contributed by atoms with van der Waals surface area (Å²) in [5, 5.41) is 0. The van der Waals surface area contributed by atoms with Crippen molar-refractivity contribution in [3.8, 4) is 6.01 Å². The summed E-state index contributed by atoms with van der Waals surface area (Å²) < 4.78 is 14.2. The maximum Gasteiger partial charge on any atom is 0.302 e. The fraction of sp³-hybridized carbons (Fsp3) is 0.733. The third kappa shape index (κ3) is 2.08. The van der Waals surface area contributed by atoms with Gasteiger partial charge in [0.25, 0.3) is 5.56 Å². The Balaban J connectivity index is 1.94. The number of ether oxygens (including phenoxy) is 2. The Morgan fingerprint density at radius 1 is 1.52 bits per heavy atom. The van der Waals surface area contributed by atoms with Crippen molar-refractivity contribution in [1.29, 1.82) is 0 Å². The zero-order chi connectivity index (χ0) is 15.2. The molecule has 2 aliphatic rings. The molecule has 3 rings (SSSR count). The number of aromatic nitrogens is 2. The van der Waals surface area contributed by atoms with Crippen molar-refractivity contribution in [1.82, 2.24) is 9.55 Å². The van der Waals surface area contributed by atoms with Gasteiger partial charge in [0.15, 0.2) is 12.3 Å². The minimum atomic E-state index is -0.237. The topological polar surface area (TPSA) is 79.4 Å². The standard InChI is InChI=1S/C15H23N3O3/c1-4-15(6-5-7-16)10(3)11-13(21-15)18-8-9(2)12(19)17-14(18)20-11/h8,10-11,13H,4-7,16H2,1-3H3/t10-,11-,13+,15-/m0/s1. The summed E-state index contributed by atoms with van der Waals surface area (Å²) in [4.78, 5) is 15.6. The number of fused-ring (bicyclic) bond motifs is 3. The first-order valence-corrected chi connectivity index (χ1v) is 7.66. The molecule has 21 heavy (non-hydrogen) atoms.